The predicted molar refractivity (Wildman–Crippen MR) is 52.8 cm³/mol. The first-order chi connectivity index (χ1) is 7.53. The summed E-state index contributed by atoms with van der Waals surface area (Å²) in [6.07, 6.45) is -4.82. The highest BCUT2D eigenvalue weighted by molar-refractivity contribution is 7.89. The van der Waals surface area contributed by atoms with Crippen molar-refractivity contribution < 1.29 is 26.4 Å². The van der Waals surface area contributed by atoms with Crippen molar-refractivity contribution in [1.29, 1.82) is 0 Å². The molecule has 0 aliphatic rings. The Bertz CT molecular complexity index is 563. The zero-order valence-electron chi connectivity index (χ0n) is 8.58. The van der Waals surface area contributed by atoms with Crippen molar-refractivity contribution in [2.24, 2.45) is 5.14 Å². The van der Waals surface area contributed by atoms with Gasteiger partial charge in [-0.3, -0.25) is 4.79 Å². The Morgan fingerprint density at radius 1 is 1.29 bits per heavy atom. The second-order valence-corrected chi connectivity index (χ2v) is 4.87. The van der Waals surface area contributed by atoms with Gasteiger partial charge in [0.25, 0.3) is 0 Å². The van der Waals surface area contributed by atoms with Crippen LogP contribution >= 0.6 is 0 Å². The van der Waals surface area contributed by atoms with Gasteiger partial charge in [0.2, 0.25) is 10.0 Å². The van der Waals surface area contributed by atoms with E-state index < -0.39 is 38.0 Å². The molecule has 1 aromatic carbocycles. The van der Waals surface area contributed by atoms with Crippen LogP contribution in [0.3, 0.4) is 0 Å². The van der Waals surface area contributed by atoms with Gasteiger partial charge in [-0.1, -0.05) is 0 Å². The van der Waals surface area contributed by atoms with E-state index in [9.17, 15) is 26.4 Å². The Hall–Kier alpha value is -1.41. The molecule has 8 heteroatoms. The van der Waals surface area contributed by atoms with Crippen molar-refractivity contribution in [2.45, 2.75) is 18.0 Å². The molecule has 94 valence electrons. The number of nitrogens with two attached hydrogens (primary N) is 1. The number of ketones is 1. The largest absolute Gasteiger partial charge is 0.417 e. The monoisotopic (exact) mass is 267 g/mol. The summed E-state index contributed by atoms with van der Waals surface area (Å²) in [7, 11) is -4.24. The fourth-order valence-electron chi connectivity index (χ4n) is 1.24. The summed E-state index contributed by atoms with van der Waals surface area (Å²) in [4.78, 5) is 10.3. The number of carbonyl (C=O) groups is 1. The Balaban J connectivity index is 3.57. The maximum Gasteiger partial charge on any atom is 0.417 e. The molecule has 2 N–H and O–H groups in total. The van der Waals surface area contributed by atoms with Gasteiger partial charge in [-0.15, -0.1) is 0 Å². The lowest BCUT2D eigenvalue weighted by Gasteiger charge is -2.12. The average molecular weight is 267 g/mol. The number of hydrogen-bond acceptors (Lipinski definition) is 3. The van der Waals surface area contributed by atoms with Crippen LogP contribution in [0.4, 0.5) is 13.2 Å². The third-order valence-corrected chi connectivity index (χ3v) is 2.92. The molecule has 0 fully saturated rings. The molecule has 0 spiro atoms. The highest BCUT2D eigenvalue weighted by Crippen LogP contribution is 2.33. The van der Waals surface area contributed by atoms with Gasteiger partial charge in [0.1, 0.15) is 0 Å². The van der Waals surface area contributed by atoms with Gasteiger partial charge >= 0.3 is 6.18 Å². The average Bonchev–Trinajstić information content (AvgIpc) is 2.14. The number of alkyl halides is 3. The smallest absolute Gasteiger partial charge is 0.294 e. The first kappa shape index (κ1) is 13.7. The van der Waals surface area contributed by atoms with Crippen LogP contribution in [0.15, 0.2) is 23.1 Å². The number of benzene rings is 1. The predicted octanol–water partition coefficient (Wildman–Crippen LogP) is 1.56. The summed E-state index contributed by atoms with van der Waals surface area (Å²) >= 11 is 0. The molecule has 17 heavy (non-hydrogen) atoms. The van der Waals surface area contributed by atoms with Gasteiger partial charge in [0, 0.05) is 5.56 Å². The zero-order valence-corrected chi connectivity index (χ0v) is 9.39. The van der Waals surface area contributed by atoms with Crippen molar-refractivity contribution in [3.05, 3.63) is 29.3 Å². The SMILES string of the molecule is CC(=O)c1ccc(S(N)(=O)=O)cc1C(F)(F)F. The molecule has 1 rings (SSSR count). The van der Waals surface area contributed by atoms with Gasteiger partial charge in [0.15, 0.2) is 5.78 Å². The van der Waals surface area contributed by atoms with E-state index in [0.29, 0.717) is 6.07 Å². The number of Topliss-reactive ketones (excluding diaryl/α,β-unsaturated/α-hetero) is 1. The lowest BCUT2D eigenvalue weighted by molar-refractivity contribution is -0.138. The first-order valence-electron chi connectivity index (χ1n) is 4.28. The van der Waals surface area contributed by atoms with Gasteiger partial charge in [-0.2, -0.15) is 13.2 Å². The Kier molecular flexibility index (Phi) is 3.30. The lowest BCUT2D eigenvalue weighted by Crippen LogP contribution is -2.16. The van der Waals surface area contributed by atoms with Crippen molar-refractivity contribution in [1.82, 2.24) is 0 Å². The maximum atomic E-state index is 12.6. The van der Waals surface area contributed by atoms with E-state index in [0.717, 1.165) is 19.1 Å². The van der Waals surface area contributed by atoms with Crippen LogP contribution in [0.25, 0.3) is 0 Å². The molecule has 0 atom stereocenters. The summed E-state index contributed by atoms with van der Waals surface area (Å²) in [6, 6.07) is 2.01. The number of rotatable bonds is 2. The van der Waals surface area contributed by atoms with Gasteiger partial charge in [-0.25, -0.2) is 13.6 Å². The number of halogens is 3. The van der Waals surface area contributed by atoms with Crippen LogP contribution in [0.1, 0.15) is 22.8 Å². The Morgan fingerprint density at radius 2 is 1.82 bits per heavy atom. The summed E-state index contributed by atoms with van der Waals surface area (Å²) in [5, 5.41) is 4.72. The van der Waals surface area contributed by atoms with Gasteiger partial charge in [-0.05, 0) is 25.1 Å². The zero-order chi connectivity index (χ0) is 13.4. The van der Waals surface area contributed by atoms with E-state index in [1.807, 2.05) is 0 Å². The summed E-state index contributed by atoms with van der Waals surface area (Å²) in [5.41, 5.74) is -1.90. The van der Waals surface area contributed by atoms with E-state index in [2.05, 4.69) is 0 Å². The number of carbonyl (C=O) groups excluding carboxylic acids is 1. The second kappa shape index (κ2) is 4.11. The van der Waals surface area contributed by atoms with Crippen molar-refractivity contribution in [2.75, 3.05) is 0 Å². The van der Waals surface area contributed by atoms with E-state index in [1.165, 1.54) is 0 Å². The minimum atomic E-state index is -4.82. The van der Waals surface area contributed by atoms with Crippen LogP contribution in [-0.2, 0) is 16.2 Å². The summed E-state index contributed by atoms with van der Waals surface area (Å²) < 4.78 is 59.6. The van der Waals surface area contributed by atoms with Crippen molar-refractivity contribution in [3.63, 3.8) is 0 Å². The van der Waals surface area contributed by atoms with E-state index in [-0.39, 0.29) is 0 Å². The van der Waals surface area contributed by atoms with E-state index in [4.69, 9.17) is 5.14 Å². The molecule has 4 nitrogen and oxygen atoms in total. The molecule has 0 aliphatic carbocycles. The van der Waals surface area contributed by atoms with Crippen LogP contribution in [-0.4, -0.2) is 14.2 Å². The van der Waals surface area contributed by atoms with Gasteiger partial charge < -0.3 is 0 Å². The molecule has 1 aromatic rings. The van der Waals surface area contributed by atoms with E-state index in [1.54, 1.807) is 0 Å². The number of primary sulfonamides is 1. The molecule has 0 radical (unpaired) electrons. The molecule has 0 unspecified atom stereocenters. The quantitative estimate of drug-likeness (QED) is 0.826. The third-order valence-electron chi connectivity index (χ3n) is 2.00. The van der Waals surface area contributed by atoms with Crippen LogP contribution in [0.2, 0.25) is 0 Å². The molecule has 0 aromatic heterocycles. The molecule has 0 amide bonds. The molecular weight excluding hydrogens is 259 g/mol. The van der Waals surface area contributed by atoms with Crippen molar-refractivity contribution >= 4 is 15.8 Å². The summed E-state index contributed by atoms with van der Waals surface area (Å²) in [5.74, 6) is -0.807. The Labute approximate surface area is 95.3 Å². The van der Waals surface area contributed by atoms with Crippen molar-refractivity contribution in [3.8, 4) is 0 Å². The highest BCUT2D eigenvalue weighted by Gasteiger charge is 2.35. The molecule has 0 aliphatic heterocycles. The minimum absolute atomic E-state index is 0.353. The third kappa shape index (κ3) is 3.04. The number of hydrogen-bond donors (Lipinski definition) is 1. The fraction of sp³-hybridized carbons (Fsp3) is 0.222. The van der Waals surface area contributed by atoms with Crippen LogP contribution < -0.4 is 5.14 Å². The molecule has 0 saturated carbocycles. The maximum absolute atomic E-state index is 12.6. The normalized spacial score (nSPS) is 12.5. The van der Waals surface area contributed by atoms with Gasteiger partial charge in [0.05, 0.1) is 10.5 Å². The molecule has 0 heterocycles. The minimum Gasteiger partial charge on any atom is -0.294 e. The second-order valence-electron chi connectivity index (χ2n) is 3.31. The van der Waals surface area contributed by atoms with E-state index >= 15 is 0 Å². The molecule has 0 bridgehead atoms. The standard InChI is InChI=1S/C9H8F3NO3S/c1-5(14)7-3-2-6(17(13,15)16)4-8(7)9(10,11)12/h2-4H,1H3,(H2,13,15,16). The molecular formula is C9H8F3NO3S. The lowest BCUT2D eigenvalue weighted by atomic mass is 10.0. The first-order valence-corrected chi connectivity index (χ1v) is 5.83. The topological polar surface area (TPSA) is 77.2 Å². The molecule has 0 saturated heterocycles. The summed E-state index contributed by atoms with van der Waals surface area (Å²) in [6.45, 7) is 0.960. The van der Waals surface area contributed by atoms with Crippen LogP contribution in [0.5, 0.6) is 0 Å². The number of sulfonamides is 1. The highest BCUT2D eigenvalue weighted by atomic mass is 32.2. The van der Waals surface area contributed by atoms with Crippen LogP contribution in [0, 0.1) is 0 Å². The fourth-order valence-corrected chi connectivity index (χ4v) is 1.78. The Morgan fingerprint density at radius 3 is 2.18 bits per heavy atom.